The molecule has 0 atom stereocenters. The lowest BCUT2D eigenvalue weighted by Crippen LogP contribution is -2.23. The van der Waals surface area contributed by atoms with Gasteiger partial charge in [0, 0.05) is 20.9 Å². The van der Waals surface area contributed by atoms with Crippen LogP contribution >= 0.6 is 0 Å². The number of rotatable bonds is 14. The Labute approximate surface area is 151 Å². The molecule has 0 spiro atoms. The molecule has 0 radical (unpaired) electrons. The highest BCUT2D eigenvalue weighted by Crippen LogP contribution is 2.10. The molecule has 0 aliphatic heterocycles. The molecule has 0 fully saturated rings. The molecular formula is C18H32O6Si. The highest BCUT2D eigenvalue weighted by Gasteiger charge is 2.15. The third-order valence-electron chi connectivity index (χ3n) is 3.69. The Balaban J connectivity index is 3.62. The maximum absolute atomic E-state index is 11.7. The summed E-state index contributed by atoms with van der Waals surface area (Å²) in [5, 5.41) is 0. The Morgan fingerprint density at radius 3 is 1.68 bits per heavy atom. The van der Waals surface area contributed by atoms with Crippen LogP contribution in [0.15, 0.2) is 0 Å². The van der Waals surface area contributed by atoms with Crippen LogP contribution in [0.3, 0.4) is 0 Å². The molecule has 0 saturated carbocycles. The maximum Gasteiger partial charge on any atom is 0.313 e. The van der Waals surface area contributed by atoms with Crippen LogP contribution in [0.2, 0.25) is 25.7 Å². The fourth-order valence-electron chi connectivity index (χ4n) is 2.09. The summed E-state index contributed by atoms with van der Waals surface area (Å²) < 4.78 is 9.53. The van der Waals surface area contributed by atoms with Crippen LogP contribution in [0.5, 0.6) is 0 Å². The Bertz CT molecular complexity index is 453. The molecule has 0 heterocycles. The monoisotopic (exact) mass is 372 g/mol. The van der Waals surface area contributed by atoms with Crippen molar-refractivity contribution in [3.8, 4) is 0 Å². The average Bonchev–Trinajstić information content (AvgIpc) is 2.49. The molecule has 6 nitrogen and oxygen atoms in total. The van der Waals surface area contributed by atoms with Crippen molar-refractivity contribution in [3.05, 3.63) is 0 Å². The molecule has 7 heteroatoms. The number of hydrogen-bond donors (Lipinski definition) is 0. The van der Waals surface area contributed by atoms with Crippen molar-refractivity contribution in [2.45, 2.75) is 77.1 Å². The van der Waals surface area contributed by atoms with E-state index in [9.17, 15) is 19.2 Å². The topological polar surface area (TPSA) is 86.7 Å². The van der Waals surface area contributed by atoms with E-state index in [0.717, 1.165) is 18.9 Å². The van der Waals surface area contributed by atoms with E-state index in [1.165, 1.54) is 7.11 Å². The lowest BCUT2D eigenvalue weighted by atomic mass is 10.1. The van der Waals surface area contributed by atoms with Crippen molar-refractivity contribution in [3.63, 3.8) is 0 Å². The van der Waals surface area contributed by atoms with Gasteiger partial charge in [-0.1, -0.05) is 32.5 Å². The Hall–Kier alpha value is -1.50. The van der Waals surface area contributed by atoms with Gasteiger partial charge in [-0.3, -0.25) is 19.2 Å². The number of ketones is 2. The van der Waals surface area contributed by atoms with E-state index in [0.29, 0.717) is 32.3 Å². The smallest absolute Gasteiger partial charge is 0.313 e. The van der Waals surface area contributed by atoms with Gasteiger partial charge in [-0.25, -0.2) is 0 Å². The zero-order valence-corrected chi connectivity index (χ0v) is 17.0. The van der Waals surface area contributed by atoms with Crippen LogP contribution < -0.4 is 0 Å². The summed E-state index contributed by atoms with van der Waals surface area (Å²) in [7, 11) is 0.0294. The number of Topliss-reactive ketones (excluding diaryl/α,β-unsaturated/α-hetero) is 2. The fourth-order valence-corrected chi connectivity index (χ4v) is 2.81. The predicted molar refractivity (Wildman–Crippen MR) is 98.1 cm³/mol. The predicted octanol–water partition coefficient (Wildman–Crippen LogP) is 3.30. The van der Waals surface area contributed by atoms with E-state index < -0.39 is 20.0 Å². The Morgan fingerprint density at radius 1 is 0.760 bits per heavy atom. The van der Waals surface area contributed by atoms with E-state index >= 15 is 0 Å². The van der Waals surface area contributed by atoms with Crippen LogP contribution in [-0.4, -0.2) is 45.3 Å². The van der Waals surface area contributed by atoms with Crippen LogP contribution in [0.4, 0.5) is 0 Å². The second-order valence-electron chi connectivity index (χ2n) is 7.45. The molecule has 144 valence electrons. The van der Waals surface area contributed by atoms with Crippen LogP contribution in [-0.2, 0) is 28.7 Å². The van der Waals surface area contributed by atoms with E-state index in [1.54, 1.807) is 0 Å². The van der Waals surface area contributed by atoms with Crippen LogP contribution in [0, 0.1) is 0 Å². The molecule has 0 rings (SSSR count). The summed E-state index contributed by atoms with van der Waals surface area (Å²) >= 11 is 0. The number of methoxy groups -OCH3 is 1. The maximum atomic E-state index is 11.7. The van der Waals surface area contributed by atoms with Gasteiger partial charge in [-0.2, -0.15) is 0 Å². The SMILES string of the molecule is COC(=O)CC(=O)CCCCCCC(=O)CC(=O)OCC[Si](C)(C)C. The van der Waals surface area contributed by atoms with Gasteiger partial charge in [0.05, 0.1) is 13.7 Å². The van der Waals surface area contributed by atoms with E-state index in [1.807, 2.05) is 0 Å². The van der Waals surface area contributed by atoms with Crippen molar-refractivity contribution < 1.29 is 28.7 Å². The molecule has 0 aliphatic carbocycles. The number of carbonyl (C=O) groups is 4. The van der Waals surface area contributed by atoms with E-state index in [2.05, 4.69) is 24.4 Å². The highest BCUT2D eigenvalue weighted by atomic mass is 28.3. The van der Waals surface area contributed by atoms with Gasteiger partial charge in [-0.15, -0.1) is 0 Å². The minimum Gasteiger partial charge on any atom is -0.469 e. The number of unbranched alkanes of at least 4 members (excludes halogenated alkanes) is 3. The average molecular weight is 373 g/mol. The van der Waals surface area contributed by atoms with Gasteiger partial charge in [0.25, 0.3) is 0 Å². The summed E-state index contributed by atoms with van der Waals surface area (Å²) in [5.74, 6) is -1.16. The molecule has 0 amide bonds. The third kappa shape index (κ3) is 15.7. The first-order valence-electron chi connectivity index (χ1n) is 8.90. The number of ether oxygens (including phenoxy) is 2. The van der Waals surface area contributed by atoms with Crippen molar-refractivity contribution >= 4 is 31.6 Å². The Morgan fingerprint density at radius 2 is 1.24 bits per heavy atom. The Kier molecular flexibility index (Phi) is 12.0. The summed E-state index contributed by atoms with van der Waals surface area (Å²) in [6.45, 7) is 7.01. The van der Waals surface area contributed by atoms with E-state index in [-0.39, 0.29) is 24.4 Å². The van der Waals surface area contributed by atoms with Gasteiger partial charge < -0.3 is 9.47 Å². The summed E-state index contributed by atoms with van der Waals surface area (Å²) in [5.41, 5.74) is 0. The number of carbonyl (C=O) groups excluding carboxylic acids is 4. The minimum absolute atomic E-state index is 0.0974. The molecule has 0 aromatic carbocycles. The first kappa shape index (κ1) is 23.5. The van der Waals surface area contributed by atoms with Crippen LogP contribution in [0.1, 0.15) is 51.4 Å². The lowest BCUT2D eigenvalue weighted by Gasteiger charge is -2.15. The van der Waals surface area contributed by atoms with Gasteiger partial charge in [0.2, 0.25) is 0 Å². The van der Waals surface area contributed by atoms with Gasteiger partial charge in [0.15, 0.2) is 0 Å². The third-order valence-corrected chi connectivity index (χ3v) is 5.39. The zero-order valence-electron chi connectivity index (χ0n) is 16.0. The molecule has 0 aromatic rings. The van der Waals surface area contributed by atoms with Crippen molar-refractivity contribution in [1.29, 1.82) is 0 Å². The second kappa shape index (κ2) is 12.8. The zero-order chi connectivity index (χ0) is 19.3. The molecular weight excluding hydrogens is 340 g/mol. The quantitative estimate of drug-likeness (QED) is 0.201. The standard InChI is InChI=1S/C18H32O6Si/c1-23-17(21)13-15(19)9-7-5-6-8-10-16(20)14-18(22)24-11-12-25(2,3)4/h5-14H2,1-4H3. The fraction of sp³-hybridized carbons (Fsp3) is 0.778. The van der Waals surface area contributed by atoms with Crippen molar-refractivity contribution in [2.24, 2.45) is 0 Å². The summed E-state index contributed by atoms with van der Waals surface area (Å²) in [6, 6.07) is 0.904. The number of esters is 2. The summed E-state index contributed by atoms with van der Waals surface area (Å²) in [4.78, 5) is 45.6. The van der Waals surface area contributed by atoms with E-state index in [4.69, 9.17) is 4.74 Å². The number of hydrogen-bond acceptors (Lipinski definition) is 6. The normalized spacial score (nSPS) is 11.0. The molecule has 0 aromatic heterocycles. The molecule has 0 saturated heterocycles. The molecule has 0 N–H and O–H groups in total. The molecule has 0 aliphatic rings. The summed E-state index contributed by atoms with van der Waals surface area (Å²) in [6.07, 6.45) is 3.43. The molecule has 25 heavy (non-hydrogen) atoms. The molecule has 0 unspecified atom stereocenters. The first-order valence-corrected chi connectivity index (χ1v) is 12.6. The lowest BCUT2D eigenvalue weighted by molar-refractivity contribution is -0.146. The minimum atomic E-state index is -1.23. The largest absolute Gasteiger partial charge is 0.469 e. The molecule has 0 bridgehead atoms. The highest BCUT2D eigenvalue weighted by molar-refractivity contribution is 6.76. The van der Waals surface area contributed by atoms with Crippen molar-refractivity contribution in [2.75, 3.05) is 13.7 Å². The second-order valence-corrected chi connectivity index (χ2v) is 13.1. The van der Waals surface area contributed by atoms with Gasteiger partial charge in [-0.05, 0) is 18.9 Å². The first-order chi connectivity index (χ1) is 11.6. The van der Waals surface area contributed by atoms with Crippen LogP contribution in [0.25, 0.3) is 0 Å². The van der Waals surface area contributed by atoms with Gasteiger partial charge >= 0.3 is 11.9 Å². The van der Waals surface area contributed by atoms with Crippen molar-refractivity contribution in [1.82, 2.24) is 0 Å². The van der Waals surface area contributed by atoms with Gasteiger partial charge in [0.1, 0.15) is 24.4 Å².